The van der Waals surface area contributed by atoms with Crippen molar-refractivity contribution < 1.29 is 18.8 Å². The lowest BCUT2D eigenvalue weighted by atomic mass is 10.0. The van der Waals surface area contributed by atoms with Gasteiger partial charge in [-0.3, -0.25) is 10.1 Å². The molecule has 0 aliphatic carbocycles. The zero-order valence-electron chi connectivity index (χ0n) is 16.0. The maximum absolute atomic E-state index is 14.9. The van der Waals surface area contributed by atoms with Crippen molar-refractivity contribution in [2.24, 2.45) is 0 Å². The molecule has 150 valence electrons. The Labute approximate surface area is 167 Å². The summed E-state index contributed by atoms with van der Waals surface area (Å²) in [6.45, 7) is 0. The van der Waals surface area contributed by atoms with Crippen molar-refractivity contribution >= 4 is 11.6 Å². The maximum atomic E-state index is 14.9. The number of para-hydroxylation sites is 1. The van der Waals surface area contributed by atoms with Crippen molar-refractivity contribution in [3.8, 4) is 0 Å². The number of hydrogen-bond acceptors (Lipinski definition) is 5. The molecule has 0 spiro atoms. The van der Waals surface area contributed by atoms with Crippen LogP contribution >= 0.6 is 0 Å². The number of carbonyl (C=O) groups excluding carboxylic acids is 1. The number of aliphatic hydroxyl groups is 1. The first-order valence-corrected chi connectivity index (χ1v) is 9.46. The Bertz CT molecular complexity index is 992. The van der Waals surface area contributed by atoms with Gasteiger partial charge in [-0.25, -0.2) is 4.39 Å². The first-order valence-electron chi connectivity index (χ1n) is 9.46. The lowest BCUT2D eigenvalue weighted by Crippen LogP contribution is -2.50. The summed E-state index contributed by atoms with van der Waals surface area (Å²) in [4.78, 5) is 14.2. The molecule has 1 amide bonds. The number of aromatic nitrogens is 1. The molecule has 0 saturated heterocycles. The van der Waals surface area contributed by atoms with E-state index in [4.69, 9.17) is 4.52 Å². The largest absolute Gasteiger partial charge is 0.372 e. The Kier molecular flexibility index (Phi) is 5.42. The maximum Gasteiger partial charge on any atom is 0.246 e. The van der Waals surface area contributed by atoms with Crippen LogP contribution in [-0.2, 0) is 17.6 Å². The van der Waals surface area contributed by atoms with Crippen LogP contribution in [0.5, 0.6) is 0 Å². The molecule has 3 atom stereocenters. The smallest absolute Gasteiger partial charge is 0.246 e. The summed E-state index contributed by atoms with van der Waals surface area (Å²) in [5, 5.41) is 17.1. The SMILES string of the molecule is CN1C(=O)C(NC(O)c2cc(Cc3ccccc3)on2)[C@@H](F)Cc2ccccc21. The lowest BCUT2D eigenvalue weighted by Gasteiger charge is -2.25. The summed E-state index contributed by atoms with van der Waals surface area (Å²) in [7, 11) is 1.61. The van der Waals surface area contributed by atoms with Crippen LogP contribution in [0.25, 0.3) is 0 Å². The number of carbonyl (C=O) groups is 1. The fourth-order valence-corrected chi connectivity index (χ4v) is 3.59. The normalized spacial score (nSPS) is 20.2. The van der Waals surface area contributed by atoms with Gasteiger partial charge in [0, 0.05) is 31.6 Å². The summed E-state index contributed by atoms with van der Waals surface area (Å²) >= 11 is 0. The van der Waals surface area contributed by atoms with E-state index in [2.05, 4.69) is 10.5 Å². The molecular weight excluding hydrogens is 373 g/mol. The lowest BCUT2D eigenvalue weighted by molar-refractivity contribution is -0.122. The van der Waals surface area contributed by atoms with Gasteiger partial charge in [-0.05, 0) is 17.2 Å². The highest BCUT2D eigenvalue weighted by Crippen LogP contribution is 2.28. The van der Waals surface area contributed by atoms with Gasteiger partial charge in [0.15, 0.2) is 6.23 Å². The fraction of sp³-hybridized carbons (Fsp3) is 0.273. The van der Waals surface area contributed by atoms with Gasteiger partial charge in [0.2, 0.25) is 5.91 Å². The van der Waals surface area contributed by atoms with Gasteiger partial charge in [0.05, 0.1) is 0 Å². The first-order chi connectivity index (χ1) is 14.0. The van der Waals surface area contributed by atoms with Gasteiger partial charge < -0.3 is 14.5 Å². The molecule has 3 aromatic rings. The number of nitrogens with one attached hydrogen (secondary N) is 1. The number of fused-ring (bicyclic) bond motifs is 1. The van der Waals surface area contributed by atoms with Gasteiger partial charge in [-0.15, -0.1) is 0 Å². The summed E-state index contributed by atoms with van der Waals surface area (Å²) in [5.74, 6) is 0.120. The predicted molar refractivity (Wildman–Crippen MR) is 106 cm³/mol. The van der Waals surface area contributed by atoms with Gasteiger partial charge in [-0.2, -0.15) is 0 Å². The number of benzene rings is 2. The van der Waals surface area contributed by atoms with Crippen LogP contribution in [0.15, 0.2) is 65.2 Å². The molecule has 0 radical (unpaired) electrons. The second kappa shape index (κ2) is 8.14. The molecular formula is C22H22FN3O3. The topological polar surface area (TPSA) is 78.6 Å². The highest BCUT2D eigenvalue weighted by molar-refractivity contribution is 5.98. The zero-order valence-corrected chi connectivity index (χ0v) is 16.0. The number of halogens is 1. The van der Waals surface area contributed by atoms with Crippen molar-refractivity contribution in [2.45, 2.75) is 31.3 Å². The second-order valence-electron chi connectivity index (χ2n) is 7.17. The van der Waals surface area contributed by atoms with E-state index >= 15 is 0 Å². The van der Waals surface area contributed by atoms with Crippen molar-refractivity contribution in [3.05, 3.63) is 83.2 Å². The average molecular weight is 395 g/mol. The summed E-state index contributed by atoms with van der Waals surface area (Å²) in [5.41, 5.74) is 2.67. The third-order valence-electron chi connectivity index (χ3n) is 5.14. The Balaban J connectivity index is 1.48. The van der Waals surface area contributed by atoms with Gasteiger partial charge in [0.25, 0.3) is 0 Å². The number of likely N-dealkylation sites (N-methyl/N-ethyl adjacent to an activating group) is 1. The molecule has 6 nitrogen and oxygen atoms in total. The third-order valence-corrected chi connectivity index (χ3v) is 5.14. The minimum Gasteiger partial charge on any atom is -0.372 e. The van der Waals surface area contributed by atoms with Crippen LogP contribution in [0.2, 0.25) is 0 Å². The number of nitrogens with zero attached hydrogens (tertiary/aromatic N) is 2. The minimum absolute atomic E-state index is 0.0781. The summed E-state index contributed by atoms with van der Waals surface area (Å²) in [6, 6.07) is 17.3. The van der Waals surface area contributed by atoms with E-state index in [0.717, 1.165) is 11.1 Å². The van der Waals surface area contributed by atoms with Crippen LogP contribution in [0.3, 0.4) is 0 Å². The van der Waals surface area contributed by atoms with E-state index in [9.17, 15) is 14.3 Å². The van der Waals surface area contributed by atoms with Gasteiger partial charge >= 0.3 is 0 Å². The fourth-order valence-electron chi connectivity index (χ4n) is 3.59. The van der Waals surface area contributed by atoms with E-state index in [0.29, 0.717) is 17.9 Å². The summed E-state index contributed by atoms with van der Waals surface area (Å²) in [6.07, 6.45) is -2.22. The average Bonchev–Trinajstić information content (AvgIpc) is 3.17. The summed E-state index contributed by atoms with van der Waals surface area (Å²) < 4.78 is 20.2. The van der Waals surface area contributed by atoms with Crippen LogP contribution in [0, 0.1) is 0 Å². The molecule has 4 rings (SSSR count). The molecule has 2 aromatic carbocycles. The van der Waals surface area contributed by atoms with Crippen LogP contribution in [-0.4, -0.2) is 35.4 Å². The Morgan fingerprint density at radius 2 is 1.97 bits per heavy atom. The van der Waals surface area contributed by atoms with E-state index in [1.54, 1.807) is 25.2 Å². The molecule has 1 aliphatic heterocycles. The molecule has 1 aromatic heterocycles. The van der Waals surface area contributed by atoms with Crippen LogP contribution < -0.4 is 10.2 Å². The highest BCUT2D eigenvalue weighted by atomic mass is 19.1. The molecule has 2 unspecified atom stereocenters. The molecule has 2 heterocycles. The predicted octanol–water partition coefficient (Wildman–Crippen LogP) is 2.77. The van der Waals surface area contributed by atoms with Crippen molar-refractivity contribution in [2.75, 3.05) is 11.9 Å². The number of amides is 1. The van der Waals surface area contributed by atoms with Crippen molar-refractivity contribution in [3.63, 3.8) is 0 Å². The Morgan fingerprint density at radius 3 is 2.76 bits per heavy atom. The van der Waals surface area contributed by atoms with Gasteiger partial charge in [-0.1, -0.05) is 53.7 Å². The van der Waals surface area contributed by atoms with Crippen LogP contribution in [0.4, 0.5) is 10.1 Å². The molecule has 2 N–H and O–H groups in total. The van der Waals surface area contributed by atoms with Crippen LogP contribution in [0.1, 0.15) is 28.8 Å². The molecule has 29 heavy (non-hydrogen) atoms. The number of alkyl halides is 1. The number of aliphatic hydroxyl groups excluding tert-OH is 1. The standard InChI is InChI=1S/C22H22FN3O3/c1-26-19-10-6-5-9-15(19)12-17(23)20(22(26)28)24-21(27)18-13-16(29-25-18)11-14-7-3-2-4-8-14/h2-10,13,17,20-21,24,27H,11-12H2,1H3/t17-,20?,21?/m0/s1. The van der Waals surface area contributed by atoms with E-state index in [1.165, 1.54) is 4.90 Å². The highest BCUT2D eigenvalue weighted by Gasteiger charge is 2.37. The quantitative estimate of drug-likeness (QED) is 0.650. The molecule has 1 aliphatic rings. The van der Waals surface area contributed by atoms with Gasteiger partial charge in [0.1, 0.15) is 23.7 Å². The minimum atomic E-state index is -1.49. The molecule has 0 fully saturated rings. The van der Waals surface area contributed by atoms with Crippen molar-refractivity contribution in [1.29, 1.82) is 0 Å². The molecule has 0 bridgehead atoms. The second-order valence-corrected chi connectivity index (χ2v) is 7.17. The monoisotopic (exact) mass is 395 g/mol. The van der Waals surface area contributed by atoms with E-state index in [1.807, 2.05) is 42.5 Å². The Hall–Kier alpha value is -3.03. The molecule has 7 heteroatoms. The number of hydrogen-bond donors (Lipinski definition) is 2. The first kappa shape index (κ1) is 19.3. The van der Waals surface area contributed by atoms with Crippen molar-refractivity contribution in [1.82, 2.24) is 10.5 Å². The van der Waals surface area contributed by atoms with E-state index in [-0.39, 0.29) is 12.1 Å². The molecule has 0 saturated carbocycles. The number of rotatable bonds is 5. The number of anilines is 1. The zero-order chi connectivity index (χ0) is 20.4. The Morgan fingerprint density at radius 1 is 1.24 bits per heavy atom. The third kappa shape index (κ3) is 4.06. The van der Waals surface area contributed by atoms with E-state index < -0.39 is 24.3 Å².